The molecular weight excluding hydrogens is 136 g/mol. The summed E-state index contributed by atoms with van der Waals surface area (Å²) < 4.78 is 5.35. The van der Waals surface area contributed by atoms with Crippen molar-refractivity contribution < 1.29 is 4.74 Å². The van der Waals surface area contributed by atoms with Gasteiger partial charge in [-0.25, -0.2) is 0 Å². The minimum absolute atomic E-state index is 0.0602. The van der Waals surface area contributed by atoms with Crippen molar-refractivity contribution in [1.82, 2.24) is 0 Å². The van der Waals surface area contributed by atoms with Crippen LogP contribution in [0.1, 0.15) is 20.8 Å². The molecule has 1 heterocycles. The first-order valence-corrected chi connectivity index (χ1v) is 3.86. The highest BCUT2D eigenvalue weighted by atomic mass is 35.5. The minimum Gasteiger partial charge on any atom is -0.359 e. The molecule has 0 aromatic carbocycles. The first-order chi connectivity index (χ1) is 4.13. The largest absolute Gasteiger partial charge is 0.359 e. The van der Waals surface area contributed by atoms with Gasteiger partial charge in [-0.1, -0.05) is 25.4 Å². The Morgan fingerprint density at radius 1 is 1.11 bits per heavy atom. The maximum Gasteiger partial charge on any atom is 0.134 e. The Morgan fingerprint density at radius 2 is 1.67 bits per heavy atom. The van der Waals surface area contributed by atoms with Gasteiger partial charge in [0.25, 0.3) is 0 Å². The second kappa shape index (κ2) is 2.47. The van der Waals surface area contributed by atoms with Crippen LogP contribution < -0.4 is 0 Å². The van der Waals surface area contributed by atoms with E-state index in [2.05, 4.69) is 20.8 Å². The molecule has 0 bridgehead atoms. The summed E-state index contributed by atoms with van der Waals surface area (Å²) in [5.41, 5.74) is -0.0602. The molecule has 0 aromatic rings. The number of ether oxygens (including phenoxy) is 1. The molecule has 0 saturated carbocycles. The van der Waals surface area contributed by atoms with Crippen LogP contribution in [0.2, 0.25) is 0 Å². The summed E-state index contributed by atoms with van der Waals surface area (Å²) in [6.45, 7) is 6.38. The van der Waals surface area contributed by atoms with Crippen LogP contribution in [0.3, 0.4) is 0 Å². The van der Waals surface area contributed by atoms with Gasteiger partial charge in [0, 0.05) is 5.92 Å². The molecule has 1 aliphatic heterocycles. The second-order valence-corrected chi connectivity index (χ2v) is 3.34. The molecule has 9 heavy (non-hydrogen) atoms. The van der Waals surface area contributed by atoms with E-state index in [1.807, 2.05) is 0 Å². The van der Waals surface area contributed by atoms with E-state index in [0.717, 1.165) is 0 Å². The fourth-order valence-corrected chi connectivity index (χ4v) is 1.51. The van der Waals surface area contributed by atoms with Crippen LogP contribution >= 0.6 is 11.6 Å². The summed E-state index contributed by atoms with van der Waals surface area (Å²) >= 11 is 5.83. The summed E-state index contributed by atoms with van der Waals surface area (Å²) in [7, 11) is 0. The summed E-state index contributed by atoms with van der Waals surface area (Å²) in [4.78, 5) is 0. The topological polar surface area (TPSA) is 9.23 Å². The molecule has 0 aliphatic carbocycles. The molecule has 0 radical (unpaired) electrons. The number of hydrogen-bond donors (Lipinski definition) is 0. The zero-order valence-corrected chi connectivity index (χ0v) is 6.85. The molecular formula is C7H13ClO. The molecule has 1 fully saturated rings. The van der Waals surface area contributed by atoms with E-state index in [0.29, 0.717) is 17.9 Å². The normalized spacial score (nSPS) is 52.0. The molecule has 1 unspecified atom stereocenters. The van der Waals surface area contributed by atoms with E-state index in [9.17, 15) is 0 Å². The number of alkyl halides is 1. The van der Waals surface area contributed by atoms with Gasteiger partial charge >= 0.3 is 0 Å². The van der Waals surface area contributed by atoms with Crippen molar-refractivity contribution in [3.05, 3.63) is 0 Å². The van der Waals surface area contributed by atoms with Crippen LogP contribution in [0.4, 0.5) is 0 Å². The Bertz CT molecular complexity index is 93.1. The maximum absolute atomic E-state index is 5.83. The first-order valence-electron chi connectivity index (χ1n) is 3.42. The lowest BCUT2D eigenvalue weighted by Crippen LogP contribution is -2.11. The van der Waals surface area contributed by atoms with E-state index in [4.69, 9.17) is 16.3 Å². The van der Waals surface area contributed by atoms with E-state index in [1.165, 1.54) is 0 Å². The third-order valence-electron chi connectivity index (χ3n) is 2.33. The van der Waals surface area contributed by atoms with Crippen LogP contribution in [0, 0.1) is 11.8 Å². The Morgan fingerprint density at radius 3 is 1.78 bits per heavy atom. The third-order valence-corrected chi connectivity index (χ3v) is 2.83. The standard InChI is InChI=1S/C7H13ClO/c1-4-5(2)7(8)9-6(4)3/h4-7H,1-3H3/t4-,5?,6-,7-/m1/s1. The van der Waals surface area contributed by atoms with Crippen LogP contribution in [0.25, 0.3) is 0 Å². The fourth-order valence-electron chi connectivity index (χ4n) is 1.12. The summed E-state index contributed by atoms with van der Waals surface area (Å²) in [5, 5.41) is 0. The van der Waals surface area contributed by atoms with Crippen molar-refractivity contribution in [2.75, 3.05) is 0 Å². The van der Waals surface area contributed by atoms with Gasteiger partial charge in [0.15, 0.2) is 0 Å². The van der Waals surface area contributed by atoms with E-state index < -0.39 is 0 Å². The molecule has 1 saturated heterocycles. The van der Waals surface area contributed by atoms with E-state index >= 15 is 0 Å². The van der Waals surface area contributed by atoms with Crippen LogP contribution in [0.15, 0.2) is 0 Å². The highest BCUT2D eigenvalue weighted by Gasteiger charge is 2.34. The van der Waals surface area contributed by atoms with Gasteiger partial charge < -0.3 is 4.74 Å². The molecule has 0 amide bonds. The van der Waals surface area contributed by atoms with Gasteiger partial charge in [0.1, 0.15) is 5.56 Å². The average Bonchev–Trinajstić information content (AvgIpc) is 1.98. The Labute approximate surface area is 61.3 Å². The van der Waals surface area contributed by atoms with Crippen molar-refractivity contribution in [3.8, 4) is 0 Å². The van der Waals surface area contributed by atoms with Crippen molar-refractivity contribution in [1.29, 1.82) is 0 Å². The second-order valence-electron chi connectivity index (χ2n) is 2.91. The predicted octanol–water partition coefficient (Wildman–Crippen LogP) is 2.24. The van der Waals surface area contributed by atoms with Gasteiger partial charge in [-0.15, -0.1) is 0 Å². The quantitative estimate of drug-likeness (QED) is 0.479. The van der Waals surface area contributed by atoms with Gasteiger partial charge in [0.2, 0.25) is 0 Å². The zero-order chi connectivity index (χ0) is 7.02. The summed E-state index contributed by atoms with van der Waals surface area (Å²) in [6, 6.07) is 0. The molecule has 0 spiro atoms. The molecule has 1 nitrogen and oxygen atoms in total. The molecule has 1 rings (SSSR count). The molecule has 0 aromatic heterocycles. The average molecular weight is 149 g/mol. The molecule has 54 valence electrons. The summed E-state index contributed by atoms with van der Waals surface area (Å²) in [5.74, 6) is 1.11. The third kappa shape index (κ3) is 1.22. The molecule has 4 atom stereocenters. The number of hydrogen-bond acceptors (Lipinski definition) is 1. The van der Waals surface area contributed by atoms with E-state index in [-0.39, 0.29) is 5.56 Å². The fraction of sp³-hybridized carbons (Fsp3) is 1.00. The first kappa shape index (κ1) is 7.36. The Balaban J connectivity index is 2.54. The van der Waals surface area contributed by atoms with Gasteiger partial charge in [-0.05, 0) is 12.8 Å². The lowest BCUT2D eigenvalue weighted by molar-refractivity contribution is 0.0859. The highest BCUT2D eigenvalue weighted by Crippen LogP contribution is 2.33. The summed E-state index contributed by atoms with van der Waals surface area (Å²) in [6.07, 6.45) is 0.336. The zero-order valence-electron chi connectivity index (χ0n) is 6.10. The SMILES string of the molecule is CC1[C@H](Cl)O[C@H](C)[C@@H]1C. The molecule has 0 N–H and O–H groups in total. The van der Waals surface area contributed by atoms with Gasteiger partial charge in [0.05, 0.1) is 6.10 Å². The van der Waals surface area contributed by atoms with Crippen LogP contribution in [-0.4, -0.2) is 11.7 Å². The maximum atomic E-state index is 5.83. The lowest BCUT2D eigenvalue weighted by atomic mass is 9.95. The van der Waals surface area contributed by atoms with Gasteiger partial charge in [-0.2, -0.15) is 0 Å². The van der Waals surface area contributed by atoms with Crippen LogP contribution in [-0.2, 0) is 4.74 Å². The van der Waals surface area contributed by atoms with Gasteiger partial charge in [-0.3, -0.25) is 0 Å². The Hall–Kier alpha value is 0.250. The van der Waals surface area contributed by atoms with Crippen molar-refractivity contribution in [2.24, 2.45) is 11.8 Å². The Kier molecular flexibility index (Phi) is 2.02. The van der Waals surface area contributed by atoms with Crippen LogP contribution in [0.5, 0.6) is 0 Å². The molecule has 2 heteroatoms. The number of halogens is 1. The lowest BCUT2D eigenvalue weighted by Gasteiger charge is -2.09. The highest BCUT2D eigenvalue weighted by molar-refractivity contribution is 6.20. The number of rotatable bonds is 0. The smallest absolute Gasteiger partial charge is 0.134 e. The van der Waals surface area contributed by atoms with Crippen molar-refractivity contribution in [2.45, 2.75) is 32.4 Å². The monoisotopic (exact) mass is 148 g/mol. The predicted molar refractivity (Wildman–Crippen MR) is 38.5 cm³/mol. The minimum atomic E-state index is -0.0602. The molecule has 1 aliphatic rings. The van der Waals surface area contributed by atoms with Crippen molar-refractivity contribution >= 4 is 11.6 Å². The van der Waals surface area contributed by atoms with Crippen molar-refractivity contribution in [3.63, 3.8) is 0 Å². The van der Waals surface area contributed by atoms with E-state index in [1.54, 1.807) is 0 Å².